The number of imidazole rings is 2. The summed E-state index contributed by atoms with van der Waals surface area (Å²) < 4.78 is 4.78. The van der Waals surface area contributed by atoms with Gasteiger partial charge >= 0.3 is 12.2 Å². The molecule has 16 heteroatoms. The Morgan fingerprint density at radius 3 is 1.49 bits per heavy atom. The lowest BCUT2D eigenvalue weighted by Gasteiger charge is -2.31. The Bertz CT molecular complexity index is 2350. The maximum Gasteiger partial charge on any atom is 0.407 e. The van der Waals surface area contributed by atoms with Crippen molar-refractivity contribution in [1.29, 1.82) is 0 Å². The molecule has 308 valence electrons. The van der Waals surface area contributed by atoms with Crippen molar-refractivity contribution in [2.45, 2.75) is 89.6 Å². The first-order valence-corrected chi connectivity index (χ1v) is 20.7. The topological polar surface area (TPSA) is 186 Å². The van der Waals surface area contributed by atoms with Crippen LogP contribution in [0.3, 0.4) is 0 Å². The van der Waals surface area contributed by atoms with Crippen molar-refractivity contribution in [3.05, 3.63) is 81.6 Å². The molecule has 2 aliphatic carbocycles. The number of carbonyl (C=O) groups excluding carboxylic acids is 3. The molecule has 2 aliphatic heterocycles. The highest BCUT2D eigenvalue weighted by atomic mass is 35.5. The zero-order chi connectivity index (χ0) is 41.9. The van der Waals surface area contributed by atoms with E-state index in [1.807, 2.05) is 81.1 Å². The highest BCUT2D eigenvalue weighted by Gasteiger charge is 2.57. The van der Waals surface area contributed by atoms with Gasteiger partial charge in [0.25, 0.3) is 0 Å². The van der Waals surface area contributed by atoms with Gasteiger partial charge in [0, 0.05) is 34.3 Å². The molecule has 4 amide bonds. The summed E-state index contributed by atoms with van der Waals surface area (Å²) >= 11 is 13.4. The van der Waals surface area contributed by atoms with Crippen LogP contribution in [0, 0.1) is 35.5 Å². The van der Waals surface area contributed by atoms with Crippen LogP contribution in [0.15, 0.2) is 48.5 Å². The van der Waals surface area contributed by atoms with Gasteiger partial charge in [0.05, 0.1) is 19.2 Å². The molecule has 0 unspecified atom stereocenters. The zero-order valence-corrected chi connectivity index (χ0v) is 34.8. The second-order valence-electron chi connectivity index (χ2n) is 16.6. The van der Waals surface area contributed by atoms with Gasteiger partial charge in [0.1, 0.15) is 45.4 Å². The van der Waals surface area contributed by atoms with Crippen molar-refractivity contribution in [3.8, 4) is 34.4 Å². The van der Waals surface area contributed by atoms with Crippen molar-refractivity contribution < 1.29 is 29.0 Å². The number of fused-ring (bicyclic) bond motifs is 2. The number of hydrogen-bond acceptors (Lipinski definition) is 7. The van der Waals surface area contributed by atoms with Crippen molar-refractivity contribution in [3.63, 3.8) is 0 Å². The van der Waals surface area contributed by atoms with Gasteiger partial charge in [-0.2, -0.15) is 0 Å². The summed E-state index contributed by atoms with van der Waals surface area (Å²) in [5, 5.41) is 15.2. The number of rotatable bonds is 10. The van der Waals surface area contributed by atoms with E-state index in [1.165, 1.54) is 7.11 Å². The van der Waals surface area contributed by atoms with Crippen LogP contribution in [0.5, 0.6) is 0 Å². The molecule has 0 radical (unpaired) electrons. The van der Waals surface area contributed by atoms with E-state index in [0.717, 1.165) is 47.9 Å². The minimum atomic E-state index is -1.23. The predicted octanol–water partition coefficient (Wildman–Crippen LogP) is 7.17. The first-order valence-electron chi connectivity index (χ1n) is 19.9. The van der Waals surface area contributed by atoms with Gasteiger partial charge in [0.2, 0.25) is 11.8 Å². The quantitative estimate of drug-likeness (QED) is 0.104. The number of carboxylic acid groups (broad SMARTS) is 1. The second kappa shape index (κ2) is 15.9. The van der Waals surface area contributed by atoms with Crippen LogP contribution in [0.1, 0.15) is 88.2 Å². The minimum absolute atomic E-state index is 0.0709. The van der Waals surface area contributed by atoms with Gasteiger partial charge in [-0.1, -0.05) is 87.0 Å². The highest BCUT2D eigenvalue weighted by molar-refractivity contribution is 6.32. The molecule has 0 bridgehead atoms. The van der Waals surface area contributed by atoms with Crippen LogP contribution in [-0.4, -0.2) is 90.1 Å². The Morgan fingerprint density at radius 2 is 1.12 bits per heavy atom. The average molecular weight is 842 g/mol. The van der Waals surface area contributed by atoms with Crippen molar-refractivity contribution in [2.24, 2.45) is 23.7 Å². The number of nitrogens with one attached hydrogen (secondary N) is 4. The standard InChI is InChI=1S/C43H46Cl2N8O6/c1-20(2)32(48-42(56)57)40(54)52-28-16-26(28)18-30(52)38-46-34(36(44)50-38)24-12-8-22(9-13-24)6-7-23-10-14-25(15-11-23)35-37(45)51-39(47-35)31-19-27-17-29(27)53(31)41(55)33(21(3)4)49-43(58)59-5/h8-15,20-21,26-33,48H,16-19H2,1-5H3,(H,46,50)(H,47,51)(H,49,58)(H,56,57)/t26-,27+,28-,29-,30+,31+,32+,33+/m1/s1. The number of methoxy groups -OCH3 is 1. The van der Waals surface area contributed by atoms with Crippen molar-refractivity contribution in [2.75, 3.05) is 7.11 Å². The number of piperidine rings is 2. The summed E-state index contributed by atoms with van der Waals surface area (Å²) in [6.45, 7) is 7.43. The van der Waals surface area contributed by atoms with Crippen LogP contribution >= 0.6 is 23.2 Å². The molecule has 4 aliphatic rings. The lowest BCUT2D eigenvalue weighted by Crippen LogP contribution is -2.52. The maximum atomic E-state index is 13.8. The molecule has 5 N–H and O–H groups in total. The largest absolute Gasteiger partial charge is 0.465 e. The molecule has 2 aromatic carbocycles. The average Bonchev–Trinajstić information content (AvgIpc) is 3.92. The Morgan fingerprint density at radius 1 is 0.712 bits per heavy atom. The Balaban J connectivity index is 0.934. The van der Waals surface area contributed by atoms with E-state index in [4.69, 9.17) is 37.9 Å². The molecule has 59 heavy (non-hydrogen) atoms. The third kappa shape index (κ3) is 7.98. The normalized spacial score (nSPS) is 23.5. The number of likely N-dealkylation sites (tertiary alicyclic amines) is 2. The number of H-pyrrole nitrogens is 2. The summed E-state index contributed by atoms with van der Waals surface area (Å²) in [6, 6.07) is 13.2. The first-order chi connectivity index (χ1) is 28.2. The summed E-state index contributed by atoms with van der Waals surface area (Å²) in [5.41, 5.74) is 4.32. The molecule has 4 fully saturated rings. The number of aromatic nitrogens is 4. The Labute approximate surface area is 351 Å². The van der Waals surface area contributed by atoms with Gasteiger partial charge in [-0.3, -0.25) is 9.59 Å². The summed E-state index contributed by atoms with van der Waals surface area (Å²) in [5.74, 6) is 7.62. The molecule has 2 saturated carbocycles. The van der Waals surface area contributed by atoms with E-state index in [2.05, 4.69) is 32.4 Å². The van der Waals surface area contributed by atoms with Gasteiger partial charge in [-0.15, -0.1) is 0 Å². The van der Waals surface area contributed by atoms with Gasteiger partial charge < -0.3 is 40.2 Å². The number of benzene rings is 2. The number of hydrogen-bond donors (Lipinski definition) is 5. The minimum Gasteiger partial charge on any atom is -0.465 e. The molecule has 14 nitrogen and oxygen atoms in total. The first kappa shape index (κ1) is 40.3. The van der Waals surface area contributed by atoms with E-state index < -0.39 is 24.3 Å². The van der Waals surface area contributed by atoms with E-state index in [-0.39, 0.29) is 47.8 Å². The highest BCUT2D eigenvalue weighted by Crippen LogP contribution is 2.55. The summed E-state index contributed by atoms with van der Waals surface area (Å²) in [7, 11) is 1.28. The van der Waals surface area contributed by atoms with Gasteiger partial charge in [-0.05, 0) is 73.6 Å². The van der Waals surface area contributed by atoms with Crippen LogP contribution in [0.25, 0.3) is 22.5 Å². The third-order valence-corrected chi connectivity index (χ3v) is 12.5. The number of carbonyl (C=O) groups is 4. The second-order valence-corrected chi connectivity index (χ2v) is 17.4. The number of alkyl carbamates (subject to hydrolysis) is 1. The van der Waals surface area contributed by atoms with E-state index in [1.54, 1.807) is 4.90 Å². The molecule has 8 atom stereocenters. The molecular weight excluding hydrogens is 795 g/mol. The fraction of sp³-hybridized carbons (Fsp3) is 0.442. The van der Waals surface area contributed by atoms with Crippen molar-refractivity contribution in [1.82, 2.24) is 40.4 Å². The van der Waals surface area contributed by atoms with Crippen LogP contribution in [0.2, 0.25) is 10.3 Å². The number of aromatic amines is 2. The number of ether oxygens (including phenoxy) is 1. The van der Waals surface area contributed by atoms with Crippen LogP contribution < -0.4 is 10.6 Å². The summed E-state index contributed by atoms with van der Waals surface area (Å²) in [6.07, 6.45) is 1.47. The molecule has 2 saturated heterocycles. The molecule has 2 aromatic heterocycles. The van der Waals surface area contributed by atoms with Crippen LogP contribution in [-0.2, 0) is 14.3 Å². The van der Waals surface area contributed by atoms with E-state index >= 15 is 0 Å². The SMILES string of the molecule is COC(=O)N[C@H](C(=O)N1[C@@H]2C[C@H]2C[C@H]1c1nc(-c2ccc(C#Cc3ccc(-c4nc([C@@H]5C[C@H]6C[C@H]6N5C(=O)[C@@H](NC(=O)O)C(C)C)[nH]c4Cl)cc3)cc2)c(Cl)[nH]1)C(C)C. The Hall–Kier alpha value is -5.52. The van der Waals surface area contributed by atoms with E-state index in [0.29, 0.717) is 45.2 Å². The number of halogens is 2. The van der Waals surface area contributed by atoms with Crippen LogP contribution in [0.4, 0.5) is 9.59 Å². The Kier molecular flexibility index (Phi) is 10.9. The number of amides is 4. The molecular formula is C43H46Cl2N8O6. The van der Waals surface area contributed by atoms with Gasteiger partial charge in [-0.25, -0.2) is 19.6 Å². The maximum absolute atomic E-state index is 13.8. The molecule has 4 heterocycles. The fourth-order valence-electron chi connectivity index (χ4n) is 8.71. The zero-order valence-electron chi connectivity index (χ0n) is 33.3. The predicted molar refractivity (Wildman–Crippen MR) is 220 cm³/mol. The molecule has 0 spiro atoms. The monoisotopic (exact) mass is 840 g/mol. The molecule has 4 aromatic rings. The third-order valence-electron chi connectivity index (χ3n) is 12.0. The molecule has 8 rings (SSSR count). The lowest BCUT2D eigenvalue weighted by molar-refractivity contribution is -0.137. The van der Waals surface area contributed by atoms with Gasteiger partial charge in [0.15, 0.2) is 0 Å². The number of nitrogens with zero attached hydrogens (tertiary/aromatic N) is 4. The lowest BCUT2D eigenvalue weighted by atomic mass is 10.0. The van der Waals surface area contributed by atoms with E-state index in [9.17, 15) is 24.3 Å². The summed E-state index contributed by atoms with van der Waals surface area (Å²) in [4.78, 5) is 70.7. The smallest absolute Gasteiger partial charge is 0.407 e. The van der Waals surface area contributed by atoms with Crippen molar-refractivity contribution >= 4 is 47.2 Å². The fourth-order valence-corrected chi connectivity index (χ4v) is 9.20.